The van der Waals surface area contributed by atoms with E-state index in [0.717, 1.165) is 19.4 Å². The highest BCUT2D eigenvalue weighted by Crippen LogP contribution is 2.25. The fraction of sp³-hybridized carbons (Fsp3) is 0.375. The Morgan fingerprint density at radius 1 is 1.50 bits per heavy atom. The molecule has 2 heterocycles. The number of aromatic nitrogens is 2. The van der Waals surface area contributed by atoms with Crippen molar-refractivity contribution in [2.24, 2.45) is 7.05 Å². The zero-order valence-corrected chi connectivity index (χ0v) is 12.5. The molecule has 1 amide bonds. The van der Waals surface area contributed by atoms with Gasteiger partial charge in [-0.15, -0.1) is 0 Å². The second-order valence-electron chi connectivity index (χ2n) is 5.29. The highest BCUT2D eigenvalue weighted by Gasteiger charge is 2.17. The summed E-state index contributed by atoms with van der Waals surface area (Å²) in [5, 5.41) is 2.86. The van der Waals surface area contributed by atoms with Crippen LogP contribution in [0.4, 0.5) is 5.69 Å². The molecule has 1 N–H and O–H groups in total. The molecule has 0 spiro atoms. The van der Waals surface area contributed by atoms with E-state index in [1.807, 2.05) is 24.3 Å². The maximum absolute atomic E-state index is 12.3. The largest absolute Gasteiger partial charge is 0.489 e. The molecule has 6 heteroatoms. The minimum absolute atomic E-state index is 0.140. The van der Waals surface area contributed by atoms with E-state index in [1.165, 1.54) is 6.20 Å². The highest BCUT2D eigenvalue weighted by molar-refractivity contribution is 6.03. The van der Waals surface area contributed by atoms with Crippen LogP contribution >= 0.6 is 0 Å². The Balaban J connectivity index is 1.68. The third kappa shape index (κ3) is 3.28. The van der Waals surface area contributed by atoms with Crippen LogP contribution in [0.5, 0.6) is 5.75 Å². The number of hydrogen-bond donors (Lipinski definition) is 1. The van der Waals surface area contributed by atoms with Crippen molar-refractivity contribution in [3.05, 3.63) is 42.5 Å². The lowest BCUT2D eigenvalue weighted by molar-refractivity contribution is 0.0682. The number of ether oxygens (including phenoxy) is 2. The van der Waals surface area contributed by atoms with Crippen molar-refractivity contribution in [2.75, 3.05) is 18.5 Å². The number of rotatable bonds is 5. The molecule has 1 atom stereocenters. The minimum Gasteiger partial charge on any atom is -0.489 e. The van der Waals surface area contributed by atoms with Crippen molar-refractivity contribution < 1.29 is 14.3 Å². The summed E-state index contributed by atoms with van der Waals surface area (Å²) in [6.07, 6.45) is 5.36. The van der Waals surface area contributed by atoms with Crippen LogP contribution in [0.2, 0.25) is 0 Å². The van der Waals surface area contributed by atoms with E-state index in [-0.39, 0.29) is 12.0 Å². The number of imidazole rings is 1. The Kier molecular flexibility index (Phi) is 4.39. The zero-order valence-electron chi connectivity index (χ0n) is 12.5. The quantitative estimate of drug-likeness (QED) is 0.919. The Hall–Kier alpha value is -2.34. The number of nitrogens with zero attached hydrogens (tertiary/aromatic N) is 2. The van der Waals surface area contributed by atoms with Gasteiger partial charge in [0.2, 0.25) is 0 Å². The second-order valence-corrected chi connectivity index (χ2v) is 5.29. The van der Waals surface area contributed by atoms with Crippen LogP contribution in [0.15, 0.2) is 36.8 Å². The topological polar surface area (TPSA) is 65.4 Å². The first-order valence-electron chi connectivity index (χ1n) is 7.35. The van der Waals surface area contributed by atoms with Gasteiger partial charge in [0.1, 0.15) is 18.1 Å². The molecule has 3 rings (SSSR count). The predicted molar refractivity (Wildman–Crippen MR) is 82.1 cm³/mol. The van der Waals surface area contributed by atoms with Crippen molar-refractivity contribution in [2.45, 2.75) is 18.9 Å². The maximum atomic E-state index is 12.3. The first kappa shape index (κ1) is 14.6. The summed E-state index contributed by atoms with van der Waals surface area (Å²) in [6, 6.07) is 7.40. The van der Waals surface area contributed by atoms with Crippen LogP contribution in [0.3, 0.4) is 0 Å². The third-order valence-electron chi connectivity index (χ3n) is 3.63. The van der Waals surface area contributed by atoms with E-state index in [9.17, 15) is 4.79 Å². The Labute approximate surface area is 129 Å². The van der Waals surface area contributed by atoms with Gasteiger partial charge in [0.15, 0.2) is 0 Å². The Morgan fingerprint density at radius 2 is 2.36 bits per heavy atom. The van der Waals surface area contributed by atoms with E-state index in [4.69, 9.17) is 9.47 Å². The number of nitrogens with one attached hydrogen (secondary N) is 1. The molecule has 1 saturated heterocycles. The molecule has 2 aromatic rings. The summed E-state index contributed by atoms with van der Waals surface area (Å²) in [6.45, 7) is 1.30. The summed E-state index contributed by atoms with van der Waals surface area (Å²) in [5.74, 6) is 0.432. The van der Waals surface area contributed by atoms with Crippen molar-refractivity contribution >= 4 is 11.6 Å². The van der Waals surface area contributed by atoms with E-state index in [0.29, 0.717) is 23.7 Å². The van der Waals surface area contributed by atoms with Gasteiger partial charge in [-0.3, -0.25) is 4.79 Å². The van der Waals surface area contributed by atoms with Crippen molar-refractivity contribution in [1.82, 2.24) is 9.55 Å². The number of para-hydroxylation sites is 2. The average molecular weight is 301 g/mol. The van der Waals surface area contributed by atoms with Crippen LogP contribution < -0.4 is 10.1 Å². The zero-order chi connectivity index (χ0) is 15.4. The molecule has 116 valence electrons. The van der Waals surface area contributed by atoms with Gasteiger partial charge >= 0.3 is 0 Å². The highest BCUT2D eigenvalue weighted by atomic mass is 16.5. The normalized spacial score (nSPS) is 17.4. The molecule has 0 bridgehead atoms. The van der Waals surface area contributed by atoms with Gasteiger partial charge in [-0.2, -0.15) is 0 Å². The molecule has 0 radical (unpaired) electrons. The van der Waals surface area contributed by atoms with Crippen LogP contribution in [0, 0.1) is 0 Å². The molecule has 1 aliphatic heterocycles. The first-order chi connectivity index (χ1) is 10.7. The van der Waals surface area contributed by atoms with Crippen LogP contribution in [0.25, 0.3) is 0 Å². The van der Waals surface area contributed by atoms with Crippen molar-refractivity contribution in [3.63, 3.8) is 0 Å². The molecule has 0 aliphatic carbocycles. The van der Waals surface area contributed by atoms with E-state index in [2.05, 4.69) is 10.3 Å². The number of anilines is 1. The molecule has 1 aromatic heterocycles. The van der Waals surface area contributed by atoms with Gasteiger partial charge in [0, 0.05) is 13.7 Å². The van der Waals surface area contributed by atoms with Gasteiger partial charge in [-0.25, -0.2) is 4.98 Å². The van der Waals surface area contributed by atoms with E-state index >= 15 is 0 Å². The summed E-state index contributed by atoms with van der Waals surface area (Å²) >= 11 is 0. The van der Waals surface area contributed by atoms with Crippen molar-refractivity contribution in [1.29, 1.82) is 0 Å². The number of benzene rings is 1. The summed E-state index contributed by atoms with van der Waals surface area (Å²) in [5.41, 5.74) is 1.14. The average Bonchev–Trinajstić information content (AvgIpc) is 3.17. The number of carbonyl (C=O) groups excluding carboxylic acids is 1. The molecule has 1 fully saturated rings. The molecule has 1 aromatic carbocycles. The molecular formula is C16H19N3O3. The number of hydrogen-bond acceptors (Lipinski definition) is 4. The van der Waals surface area contributed by atoms with Crippen LogP contribution in [-0.4, -0.2) is 34.8 Å². The van der Waals surface area contributed by atoms with Gasteiger partial charge in [0.25, 0.3) is 5.91 Å². The third-order valence-corrected chi connectivity index (χ3v) is 3.63. The fourth-order valence-electron chi connectivity index (χ4n) is 2.42. The summed E-state index contributed by atoms with van der Waals surface area (Å²) in [7, 11) is 1.78. The smallest absolute Gasteiger partial charge is 0.274 e. The molecule has 1 aliphatic rings. The molecule has 6 nitrogen and oxygen atoms in total. The van der Waals surface area contributed by atoms with Gasteiger partial charge in [-0.05, 0) is 25.0 Å². The fourth-order valence-corrected chi connectivity index (χ4v) is 2.42. The van der Waals surface area contributed by atoms with Crippen LogP contribution in [0.1, 0.15) is 23.3 Å². The minimum atomic E-state index is -0.215. The summed E-state index contributed by atoms with van der Waals surface area (Å²) < 4.78 is 13.0. The number of amides is 1. The summed E-state index contributed by atoms with van der Waals surface area (Å²) in [4.78, 5) is 16.2. The SMILES string of the molecule is Cn1cncc1C(=O)Nc1ccccc1OCC1CCCO1. The molecular weight excluding hydrogens is 282 g/mol. The van der Waals surface area contributed by atoms with Crippen LogP contribution in [-0.2, 0) is 11.8 Å². The lowest BCUT2D eigenvalue weighted by Gasteiger charge is -2.15. The van der Waals surface area contributed by atoms with E-state index in [1.54, 1.807) is 17.9 Å². The Morgan fingerprint density at radius 3 is 3.09 bits per heavy atom. The van der Waals surface area contributed by atoms with Gasteiger partial charge < -0.3 is 19.4 Å². The Bertz CT molecular complexity index is 648. The standard InChI is InChI=1S/C16H19N3O3/c1-19-11-17-9-14(19)16(20)18-13-6-2-3-7-15(13)22-10-12-5-4-8-21-12/h2-3,6-7,9,11-12H,4-5,8,10H2,1H3,(H,18,20). The molecule has 1 unspecified atom stereocenters. The van der Waals surface area contributed by atoms with E-state index < -0.39 is 0 Å². The lowest BCUT2D eigenvalue weighted by atomic mass is 10.2. The maximum Gasteiger partial charge on any atom is 0.274 e. The molecule has 0 saturated carbocycles. The van der Waals surface area contributed by atoms with Gasteiger partial charge in [0.05, 0.1) is 24.3 Å². The van der Waals surface area contributed by atoms with Gasteiger partial charge in [-0.1, -0.05) is 12.1 Å². The molecule has 22 heavy (non-hydrogen) atoms. The predicted octanol–water partition coefficient (Wildman–Crippen LogP) is 2.23. The second kappa shape index (κ2) is 6.62. The lowest BCUT2D eigenvalue weighted by Crippen LogP contribution is -2.19. The number of aryl methyl sites for hydroxylation is 1. The first-order valence-corrected chi connectivity index (χ1v) is 7.35. The number of carbonyl (C=O) groups is 1. The monoisotopic (exact) mass is 301 g/mol. The van der Waals surface area contributed by atoms with Crippen molar-refractivity contribution in [3.8, 4) is 5.75 Å².